The Kier molecular flexibility index (Phi) is 5.16. The Bertz CT molecular complexity index is 977. The number of nitrogens with zero attached hydrogens (tertiary/aromatic N) is 1. The first kappa shape index (κ1) is 17.2. The minimum Gasteiger partial charge on any atom is -0.343 e. The summed E-state index contributed by atoms with van der Waals surface area (Å²) in [5.41, 5.74) is -0.241. The van der Waals surface area contributed by atoms with E-state index >= 15 is 0 Å². The van der Waals surface area contributed by atoms with Gasteiger partial charge >= 0.3 is 5.69 Å². The number of aromatic nitrogens is 2. The number of H-pyrrole nitrogens is 1. The van der Waals surface area contributed by atoms with Crippen molar-refractivity contribution in [2.75, 3.05) is 0 Å². The molecule has 0 spiro atoms. The Hall–Kier alpha value is -2.64. The first-order valence-corrected chi connectivity index (χ1v) is 8.67. The maximum Gasteiger partial charge on any atom is 0.328 e. The van der Waals surface area contributed by atoms with Crippen LogP contribution in [0.4, 0.5) is 0 Å². The lowest BCUT2D eigenvalue weighted by Gasteiger charge is -2.18. The lowest BCUT2D eigenvalue weighted by atomic mass is 10.1. The van der Waals surface area contributed by atoms with Gasteiger partial charge in [-0.2, -0.15) is 0 Å². The minimum absolute atomic E-state index is 0.189. The van der Waals surface area contributed by atoms with Crippen LogP contribution in [0.15, 0.2) is 63.6 Å². The monoisotopic (exact) mass is 375 g/mol. The number of hydrogen-bond acceptors (Lipinski definition) is 4. The molecule has 0 aliphatic carbocycles. The van der Waals surface area contributed by atoms with Gasteiger partial charge in [0.1, 0.15) is 6.54 Å². The van der Waals surface area contributed by atoms with Crippen molar-refractivity contribution >= 4 is 28.8 Å². The van der Waals surface area contributed by atoms with Crippen LogP contribution in [0, 0.1) is 0 Å². The summed E-state index contributed by atoms with van der Waals surface area (Å²) in [6, 6.07) is 11.9. The van der Waals surface area contributed by atoms with Crippen molar-refractivity contribution in [1.82, 2.24) is 14.9 Å². The van der Waals surface area contributed by atoms with Crippen LogP contribution in [0.1, 0.15) is 16.5 Å². The van der Waals surface area contributed by atoms with E-state index in [9.17, 15) is 14.4 Å². The number of halogens is 1. The molecule has 0 fully saturated rings. The second-order valence-corrected chi connectivity index (χ2v) is 6.72. The van der Waals surface area contributed by atoms with Crippen LogP contribution in [-0.4, -0.2) is 15.5 Å². The number of hydrogen-bond donors (Lipinski definition) is 2. The fourth-order valence-corrected chi connectivity index (χ4v) is 3.29. The van der Waals surface area contributed by atoms with E-state index in [2.05, 4.69) is 10.3 Å². The Balaban J connectivity index is 1.82. The van der Waals surface area contributed by atoms with Crippen LogP contribution in [0.5, 0.6) is 0 Å². The first-order chi connectivity index (χ1) is 12.0. The highest BCUT2D eigenvalue weighted by Gasteiger charge is 2.18. The molecule has 0 saturated heterocycles. The van der Waals surface area contributed by atoms with Gasteiger partial charge in [-0.15, -0.1) is 11.3 Å². The van der Waals surface area contributed by atoms with E-state index in [1.165, 1.54) is 23.6 Å². The van der Waals surface area contributed by atoms with Gasteiger partial charge < -0.3 is 5.32 Å². The zero-order chi connectivity index (χ0) is 17.8. The first-order valence-electron chi connectivity index (χ1n) is 7.41. The molecule has 3 rings (SSSR count). The van der Waals surface area contributed by atoms with E-state index in [1.54, 1.807) is 12.1 Å². The molecule has 2 aromatic heterocycles. The molecular weight excluding hydrogens is 362 g/mol. The van der Waals surface area contributed by atoms with Crippen LogP contribution >= 0.6 is 22.9 Å². The van der Waals surface area contributed by atoms with Gasteiger partial charge in [0.15, 0.2) is 0 Å². The molecule has 0 radical (unpaired) electrons. The number of benzene rings is 1. The number of amides is 1. The number of carbonyl (C=O) groups excluding carboxylic acids is 1. The lowest BCUT2D eigenvalue weighted by molar-refractivity contribution is -0.122. The Labute approximate surface area is 151 Å². The molecule has 0 bridgehead atoms. The van der Waals surface area contributed by atoms with Crippen LogP contribution in [0.2, 0.25) is 5.02 Å². The summed E-state index contributed by atoms with van der Waals surface area (Å²) in [6.07, 6.45) is 1.29. The van der Waals surface area contributed by atoms with E-state index in [4.69, 9.17) is 11.6 Å². The second kappa shape index (κ2) is 7.50. The summed E-state index contributed by atoms with van der Waals surface area (Å²) in [5.74, 6) is -0.345. The summed E-state index contributed by atoms with van der Waals surface area (Å²) in [5, 5.41) is 5.46. The number of rotatable bonds is 5. The maximum absolute atomic E-state index is 12.4. The summed E-state index contributed by atoms with van der Waals surface area (Å²) in [6.45, 7) is -0.189. The molecule has 128 valence electrons. The largest absolute Gasteiger partial charge is 0.343 e. The number of thiophene rings is 1. The fraction of sp³-hybridized carbons (Fsp3) is 0.118. The highest BCUT2D eigenvalue weighted by atomic mass is 35.5. The van der Waals surface area contributed by atoms with E-state index < -0.39 is 11.2 Å². The zero-order valence-corrected chi connectivity index (χ0v) is 14.5. The van der Waals surface area contributed by atoms with Crippen LogP contribution < -0.4 is 16.6 Å². The molecule has 1 aromatic carbocycles. The van der Waals surface area contributed by atoms with Crippen molar-refractivity contribution < 1.29 is 4.79 Å². The Morgan fingerprint density at radius 1 is 1.20 bits per heavy atom. The number of aromatic amines is 1. The van der Waals surface area contributed by atoms with Crippen LogP contribution in [0.3, 0.4) is 0 Å². The molecule has 25 heavy (non-hydrogen) atoms. The molecule has 3 aromatic rings. The molecule has 0 unspecified atom stereocenters. The lowest BCUT2D eigenvalue weighted by Crippen LogP contribution is -2.37. The predicted molar refractivity (Wildman–Crippen MR) is 97.1 cm³/mol. The average Bonchev–Trinajstić information content (AvgIpc) is 3.10. The number of nitrogens with one attached hydrogen (secondary N) is 2. The topological polar surface area (TPSA) is 84.0 Å². The summed E-state index contributed by atoms with van der Waals surface area (Å²) in [7, 11) is 0. The van der Waals surface area contributed by atoms with E-state index in [-0.39, 0.29) is 18.5 Å². The molecule has 1 atom stereocenters. The van der Waals surface area contributed by atoms with E-state index in [1.807, 2.05) is 29.6 Å². The van der Waals surface area contributed by atoms with Crippen molar-refractivity contribution in [1.29, 1.82) is 0 Å². The van der Waals surface area contributed by atoms with Crippen LogP contribution in [0.25, 0.3) is 0 Å². The highest BCUT2D eigenvalue weighted by Crippen LogP contribution is 2.27. The van der Waals surface area contributed by atoms with Crippen molar-refractivity contribution in [3.05, 3.63) is 90.3 Å². The average molecular weight is 376 g/mol. The van der Waals surface area contributed by atoms with Gasteiger partial charge in [0, 0.05) is 22.2 Å². The van der Waals surface area contributed by atoms with E-state index in [0.717, 1.165) is 15.0 Å². The highest BCUT2D eigenvalue weighted by molar-refractivity contribution is 7.10. The zero-order valence-electron chi connectivity index (χ0n) is 12.9. The van der Waals surface area contributed by atoms with Gasteiger partial charge in [0.2, 0.25) is 5.91 Å². The normalized spacial score (nSPS) is 11.9. The standard InChI is InChI=1S/C17H14ClN3O3S/c18-12-5-3-11(4-6-12)16(13-2-1-9-25-13)19-15(23)10-21-8-7-14(22)20-17(21)24/h1-9,16H,10H2,(H,19,23)(H,20,22,24)/t16-/m0/s1. The summed E-state index contributed by atoms with van der Waals surface area (Å²) >= 11 is 7.45. The van der Waals surface area contributed by atoms with Gasteiger partial charge in [-0.25, -0.2) is 4.79 Å². The van der Waals surface area contributed by atoms with Crippen molar-refractivity contribution in [3.8, 4) is 0 Å². The van der Waals surface area contributed by atoms with Crippen LogP contribution in [-0.2, 0) is 11.3 Å². The quantitative estimate of drug-likeness (QED) is 0.716. The summed E-state index contributed by atoms with van der Waals surface area (Å²) < 4.78 is 1.14. The van der Waals surface area contributed by atoms with Gasteiger partial charge in [0.05, 0.1) is 6.04 Å². The molecule has 2 N–H and O–H groups in total. The van der Waals surface area contributed by atoms with Crippen molar-refractivity contribution in [3.63, 3.8) is 0 Å². The molecule has 1 amide bonds. The minimum atomic E-state index is -0.623. The third kappa shape index (κ3) is 4.26. The Morgan fingerprint density at radius 2 is 1.96 bits per heavy atom. The van der Waals surface area contributed by atoms with Gasteiger partial charge in [-0.1, -0.05) is 29.8 Å². The fourth-order valence-electron chi connectivity index (χ4n) is 2.36. The third-order valence-corrected chi connectivity index (χ3v) is 4.74. The van der Waals surface area contributed by atoms with Gasteiger partial charge in [0.25, 0.3) is 5.56 Å². The molecular formula is C17H14ClN3O3S. The molecule has 2 heterocycles. The molecule has 6 nitrogen and oxygen atoms in total. The molecule has 0 aliphatic heterocycles. The summed E-state index contributed by atoms with van der Waals surface area (Å²) in [4.78, 5) is 38.3. The third-order valence-electron chi connectivity index (χ3n) is 3.55. The predicted octanol–water partition coefficient (Wildman–Crippen LogP) is 2.16. The van der Waals surface area contributed by atoms with Crippen molar-refractivity contribution in [2.24, 2.45) is 0 Å². The SMILES string of the molecule is O=C(Cn1ccc(=O)[nH]c1=O)N[C@@H](c1ccc(Cl)cc1)c1cccs1. The maximum atomic E-state index is 12.4. The molecule has 8 heteroatoms. The van der Waals surface area contributed by atoms with Gasteiger partial charge in [-0.05, 0) is 29.1 Å². The van der Waals surface area contributed by atoms with Crippen molar-refractivity contribution in [2.45, 2.75) is 12.6 Å². The Morgan fingerprint density at radius 3 is 2.60 bits per heavy atom. The second-order valence-electron chi connectivity index (χ2n) is 5.31. The smallest absolute Gasteiger partial charge is 0.328 e. The van der Waals surface area contributed by atoms with E-state index in [0.29, 0.717) is 5.02 Å². The number of carbonyl (C=O) groups is 1. The molecule has 0 saturated carbocycles. The molecule has 0 aliphatic rings. The van der Waals surface area contributed by atoms with Gasteiger partial charge in [-0.3, -0.25) is 19.1 Å².